The Bertz CT molecular complexity index is 894. The number of hydrogen-bond donors (Lipinski definition) is 0. The van der Waals surface area contributed by atoms with Crippen molar-refractivity contribution in [1.29, 1.82) is 0 Å². The summed E-state index contributed by atoms with van der Waals surface area (Å²) in [4.78, 5) is 4.83. The minimum atomic E-state index is 0.160. The number of nitrogens with zero attached hydrogens (tertiary/aromatic N) is 1. The highest BCUT2D eigenvalue weighted by atomic mass is 16.6. The van der Waals surface area contributed by atoms with Gasteiger partial charge in [0, 0.05) is 6.42 Å². The van der Waals surface area contributed by atoms with E-state index in [9.17, 15) is 0 Å². The number of benzene rings is 2. The molecular formula is C26H33NO4. The minimum Gasteiger partial charge on any atom is -0.490 e. The molecule has 166 valence electrons. The van der Waals surface area contributed by atoms with Crippen LogP contribution < -0.4 is 14.2 Å². The van der Waals surface area contributed by atoms with Gasteiger partial charge in [0.2, 0.25) is 0 Å². The standard InChI is InChI=1S/C26H33NO4/c1-6-7-14-29-25-15-18(2)26(19(3)16-25)31-24-13-12-23(17-24)30-22-10-8-21(9-11-22)20(4)27-28-5/h6-11,15-16,23-24H,12-14,17H2,1-5H3/b7-6+,27-20?. The monoisotopic (exact) mass is 423 g/mol. The van der Waals surface area contributed by atoms with Gasteiger partial charge >= 0.3 is 0 Å². The lowest BCUT2D eigenvalue weighted by Gasteiger charge is -2.19. The fraction of sp³-hybridized carbons (Fsp3) is 0.423. The van der Waals surface area contributed by atoms with Crippen molar-refractivity contribution >= 4 is 5.71 Å². The van der Waals surface area contributed by atoms with Gasteiger partial charge < -0.3 is 19.0 Å². The Morgan fingerprint density at radius 2 is 1.65 bits per heavy atom. The fourth-order valence-corrected chi connectivity index (χ4v) is 3.86. The Labute approximate surface area is 185 Å². The summed E-state index contributed by atoms with van der Waals surface area (Å²) in [6.07, 6.45) is 7.15. The van der Waals surface area contributed by atoms with Crippen molar-refractivity contribution in [2.75, 3.05) is 13.7 Å². The number of ether oxygens (including phenoxy) is 3. The van der Waals surface area contributed by atoms with Crippen LogP contribution in [0.3, 0.4) is 0 Å². The van der Waals surface area contributed by atoms with Gasteiger partial charge in [-0.15, -0.1) is 0 Å². The summed E-state index contributed by atoms with van der Waals surface area (Å²) in [5.74, 6) is 2.71. The summed E-state index contributed by atoms with van der Waals surface area (Å²) in [7, 11) is 1.55. The van der Waals surface area contributed by atoms with Crippen molar-refractivity contribution in [2.45, 2.75) is 59.2 Å². The summed E-state index contributed by atoms with van der Waals surface area (Å²) >= 11 is 0. The molecule has 0 aromatic heterocycles. The molecule has 31 heavy (non-hydrogen) atoms. The SMILES string of the molecule is C/C=C/COc1cc(C)c(OC2CCC(Oc3ccc(C(C)=NOC)cc3)C2)c(C)c1. The van der Waals surface area contributed by atoms with Crippen LogP contribution in [0.4, 0.5) is 0 Å². The average molecular weight is 424 g/mol. The van der Waals surface area contributed by atoms with Gasteiger partial charge in [-0.2, -0.15) is 0 Å². The third kappa shape index (κ3) is 6.27. The van der Waals surface area contributed by atoms with Gasteiger partial charge in [0.05, 0.1) is 5.71 Å². The number of hydrogen-bond acceptors (Lipinski definition) is 5. The van der Waals surface area contributed by atoms with Crippen molar-refractivity contribution in [3.63, 3.8) is 0 Å². The maximum atomic E-state index is 6.38. The summed E-state index contributed by atoms with van der Waals surface area (Å²) in [5.41, 5.74) is 4.06. The molecule has 2 atom stereocenters. The Hall–Kier alpha value is -2.95. The molecule has 3 rings (SSSR count). The van der Waals surface area contributed by atoms with E-state index in [1.807, 2.05) is 62.4 Å². The number of rotatable bonds is 9. The number of allylic oxidation sites excluding steroid dienone is 1. The highest BCUT2D eigenvalue weighted by molar-refractivity contribution is 5.98. The van der Waals surface area contributed by atoms with Crippen LogP contribution in [0.1, 0.15) is 49.8 Å². The fourth-order valence-electron chi connectivity index (χ4n) is 3.86. The summed E-state index contributed by atoms with van der Waals surface area (Å²) < 4.78 is 18.4. The molecule has 0 heterocycles. The van der Waals surface area contributed by atoms with Gasteiger partial charge in [0.25, 0.3) is 0 Å². The molecule has 0 spiro atoms. The lowest BCUT2D eigenvalue weighted by Crippen LogP contribution is -2.18. The van der Waals surface area contributed by atoms with Crippen molar-refractivity contribution in [1.82, 2.24) is 0 Å². The highest BCUT2D eigenvalue weighted by Crippen LogP contribution is 2.33. The Morgan fingerprint density at radius 3 is 2.26 bits per heavy atom. The number of oxime groups is 1. The predicted octanol–water partition coefficient (Wildman–Crippen LogP) is 6.01. The minimum absolute atomic E-state index is 0.160. The molecular weight excluding hydrogens is 390 g/mol. The van der Waals surface area contributed by atoms with Gasteiger partial charge in [0.1, 0.15) is 43.2 Å². The molecule has 2 unspecified atom stereocenters. The van der Waals surface area contributed by atoms with Gasteiger partial charge in [-0.25, -0.2) is 0 Å². The van der Waals surface area contributed by atoms with Crippen molar-refractivity contribution in [3.05, 3.63) is 65.2 Å². The molecule has 0 radical (unpaired) electrons. The third-order valence-electron chi connectivity index (χ3n) is 5.44. The first-order valence-corrected chi connectivity index (χ1v) is 10.9. The second-order valence-electron chi connectivity index (χ2n) is 7.94. The topological polar surface area (TPSA) is 49.3 Å². The van der Waals surface area contributed by atoms with Crippen LogP contribution in [0.5, 0.6) is 17.2 Å². The summed E-state index contributed by atoms with van der Waals surface area (Å²) in [6.45, 7) is 8.64. The summed E-state index contributed by atoms with van der Waals surface area (Å²) in [5, 5.41) is 3.96. The lowest BCUT2D eigenvalue weighted by atomic mass is 10.1. The lowest BCUT2D eigenvalue weighted by molar-refractivity contribution is 0.164. The zero-order valence-electron chi connectivity index (χ0n) is 19.2. The average Bonchev–Trinajstić information content (AvgIpc) is 3.18. The van der Waals surface area contributed by atoms with E-state index in [4.69, 9.17) is 19.0 Å². The molecule has 1 fully saturated rings. The van der Waals surface area contributed by atoms with Crippen molar-refractivity contribution in [3.8, 4) is 17.2 Å². The van der Waals surface area contributed by atoms with E-state index in [0.29, 0.717) is 6.61 Å². The molecule has 1 saturated carbocycles. The van der Waals surface area contributed by atoms with E-state index >= 15 is 0 Å². The zero-order valence-corrected chi connectivity index (χ0v) is 19.2. The second-order valence-corrected chi connectivity index (χ2v) is 7.94. The predicted molar refractivity (Wildman–Crippen MR) is 125 cm³/mol. The molecule has 5 nitrogen and oxygen atoms in total. The van der Waals surface area contributed by atoms with Crippen LogP contribution in [-0.4, -0.2) is 31.6 Å². The molecule has 1 aliphatic carbocycles. The molecule has 0 N–H and O–H groups in total. The molecule has 0 amide bonds. The van der Waals surface area contributed by atoms with Gasteiger partial charge in [-0.1, -0.05) is 17.3 Å². The third-order valence-corrected chi connectivity index (χ3v) is 5.44. The maximum Gasteiger partial charge on any atom is 0.125 e. The quantitative estimate of drug-likeness (QED) is 0.282. The van der Waals surface area contributed by atoms with E-state index in [1.54, 1.807) is 7.11 Å². The second kappa shape index (κ2) is 10.9. The molecule has 5 heteroatoms. The van der Waals surface area contributed by atoms with E-state index < -0.39 is 0 Å². The molecule has 0 saturated heterocycles. The largest absolute Gasteiger partial charge is 0.490 e. The molecule has 2 aromatic rings. The van der Waals surface area contributed by atoms with E-state index in [2.05, 4.69) is 19.0 Å². The van der Waals surface area contributed by atoms with Crippen LogP contribution in [-0.2, 0) is 4.84 Å². The first kappa shape index (κ1) is 22.7. The van der Waals surface area contributed by atoms with Gasteiger partial charge in [-0.05, 0) is 93.6 Å². The van der Waals surface area contributed by atoms with Gasteiger partial charge in [0.15, 0.2) is 0 Å². The first-order chi connectivity index (χ1) is 15.0. The Morgan fingerprint density at radius 1 is 1.00 bits per heavy atom. The van der Waals surface area contributed by atoms with E-state index in [1.165, 1.54) is 0 Å². The number of aryl methyl sites for hydroxylation is 2. The normalized spacial score (nSPS) is 18.9. The van der Waals surface area contributed by atoms with E-state index in [-0.39, 0.29) is 12.2 Å². The Kier molecular flexibility index (Phi) is 7.99. The Balaban J connectivity index is 1.56. The molecule has 0 bridgehead atoms. The van der Waals surface area contributed by atoms with Crippen molar-refractivity contribution < 1.29 is 19.0 Å². The van der Waals surface area contributed by atoms with Crippen molar-refractivity contribution in [2.24, 2.45) is 5.16 Å². The summed E-state index contributed by atoms with van der Waals surface area (Å²) in [6, 6.07) is 12.1. The smallest absolute Gasteiger partial charge is 0.125 e. The van der Waals surface area contributed by atoms with Crippen LogP contribution in [0.25, 0.3) is 0 Å². The van der Waals surface area contributed by atoms with Crippen LogP contribution in [0, 0.1) is 13.8 Å². The van der Waals surface area contributed by atoms with Crippen LogP contribution >= 0.6 is 0 Å². The maximum absolute atomic E-state index is 6.38. The molecule has 1 aliphatic rings. The highest BCUT2D eigenvalue weighted by Gasteiger charge is 2.28. The molecule has 0 aliphatic heterocycles. The van der Waals surface area contributed by atoms with Crippen LogP contribution in [0.15, 0.2) is 53.7 Å². The molecule has 2 aromatic carbocycles. The zero-order chi connectivity index (χ0) is 22.2. The van der Waals surface area contributed by atoms with Crippen LogP contribution in [0.2, 0.25) is 0 Å². The van der Waals surface area contributed by atoms with E-state index in [0.717, 1.165) is 58.9 Å². The first-order valence-electron chi connectivity index (χ1n) is 10.9. The van der Waals surface area contributed by atoms with Gasteiger partial charge in [-0.3, -0.25) is 0 Å².